The second kappa shape index (κ2) is 14.9. The summed E-state index contributed by atoms with van der Waals surface area (Å²) in [5.74, 6) is 0.571. The number of nitrogens with zero attached hydrogens (tertiary/aromatic N) is 1. The molecular formula is C24H36Cl3N3O. The zero-order valence-electron chi connectivity index (χ0n) is 18.4. The van der Waals surface area contributed by atoms with Gasteiger partial charge in [0.15, 0.2) is 0 Å². The van der Waals surface area contributed by atoms with Gasteiger partial charge in [-0.2, -0.15) is 0 Å². The van der Waals surface area contributed by atoms with Crippen LogP contribution in [0.3, 0.4) is 0 Å². The zero-order chi connectivity index (χ0) is 20.5. The minimum atomic E-state index is 0. The van der Waals surface area contributed by atoms with Gasteiger partial charge in [0.25, 0.3) is 0 Å². The van der Waals surface area contributed by atoms with Gasteiger partial charge in [0.05, 0.1) is 16.2 Å². The van der Waals surface area contributed by atoms with Gasteiger partial charge in [-0.15, -0.1) is 24.8 Å². The quantitative estimate of drug-likeness (QED) is 0.355. The predicted molar refractivity (Wildman–Crippen MR) is 137 cm³/mol. The zero-order valence-corrected chi connectivity index (χ0v) is 20.8. The van der Waals surface area contributed by atoms with Crippen molar-refractivity contribution in [3.8, 4) is 0 Å². The van der Waals surface area contributed by atoms with Crippen LogP contribution >= 0.6 is 36.4 Å². The molecular weight excluding hydrogens is 453 g/mol. The van der Waals surface area contributed by atoms with Crippen molar-refractivity contribution in [2.24, 2.45) is 5.92 Å². The highest BCUT2D eigenvalue weighted by Gasteiger charge is 2.18. The Hall–Kier alpha value is -1.07. The molecule has 7 heteroatoms. The second-order valence-corrected chi connectivity index (χ2v) is 8.66. The van der Waals surface area contributed by atoms with Gasteiger partial charge in [0, 0.05) is 17.5 Å². The van der Waals surface area contributed by atoms with Crippen LogP contribution in [-0.4, -0.2) is 24.0 Å². The molecule has 0 bridgehead atoms. The molecule has 1 aliphatic rings. The number of carbonyl (C=O) groups is 1. The van der Waals surface area contributed by atoms with E-state index in [4.69, 9.17) is 16.6 Å². The summed E-state index contributed by atoms with van der Waals surface area (Å²) < 4.78 is 0. The highest BCUT2D eigenvalue weighted by Crippen LogP contribution is 2.32. The summed E-state index contributed by atoms with van der Waals surface area (Å²) >= 11 is 6.42. The number of anilines is 1. The Morgan fingerprint density at radius 2 is 1.81 bits per heavy atom. The van der Waals surface area contributed by atoms with E-state index < -0.39 is 0 Å². The lowest BCUT2D eigenvalue weighted by Crippen LogP contribution is -2.18. The Morgan fingerprint density at radius 1 is 1.06 bits per heavy atom. The van der Waals surface area contributed by atoms with Gasteiger partial charge in [-0.05, 0) is 75.4 Å². The second-order valence-electron chi connectivity index (χ2n) is 8.26. The molecule has 1 aromatic carbocycles. The van der Waals surface area contributed by atoms with Crippen LogP contribution in [-0.2, 0) is 11.2 Å². The number of aromatic nitrogens is 1. The number of aryl methyl sites for hydroxylation is 1. The van der Waals surface area contributed by atoms with Crippen molar-refractivity contribution >= 4 is 58.9 Å². The first-order valence-electron chi connectivity index (χ1n) is 11.3. The van der Waals surface area contributed by atoms with Crippen LogP contribution in [0.25, 0.3) is 10.9 Å². The van der Waals surface area contributed by atoms with Gasteiger partial charge in [0.1, 0.15) is 0 Å². The minimum absolute atomic E-state index is 0. The third kappa shape index (κ3) is 8.76. The molecule has 1 fully saturated rings. The molecule has 1 heterocycles. The number of hydrogen-bond donors (Lipinski definition) is 2. The first-order chi connectivity index (χ1) is 14.2. The van der Waals surface area contributed by atoms with E-state index in [0.29, 0.717) is 23.0 Å². The molecule has 0 atom stereocenters. The van der Waals surface area contributed by atoms with E-state index in [1.54, 1.807) is 0 Å². The standard InChI is InChI=1S/C24H34ClN3O.2ClH/c1-2-3-15-26-16-7-10-19-11-12-20-22(27-19)14-13-21(25)24(20)28-23(29)17-18-8-5-4-6-9-18;;/h11-14,18,26H,2-10,15-17H2,1H3,(H,28,29);2*1H. The average molecular weight is 489 g/mol. The van der Waals surface area contributed by atoms with E-state index in [1.165, 1.54) is 32.1 Å². The van der Waals surface area contributed by atoms with Crippen molar-refractivity contribution in [3.63, 3.8) is 0 Å². The van der Waals surface area contributed by atoms with Gasteiger partial charge in [-0.25, -0.2) is 0 Å². The molecule has 4 nitrogen and oxygen atoms in total. The molecule has 3 rings (SSSR count). The molecule has 0 saturated heterocycles. The first-order valence-corrected chi connectivity index (χ1v) is 11.6. The highest BCUT2D eigenvalue weighted by molar-refractivity contribution is 6.35. The van der Waals surface area contributed by atoms with Crippen LogP contribution < -0.4 is 10.6 Å². The van der Waals surface area contributed by atoms with E-state index >= 15 is 0 Å². The molecule has 2 N–H and O–H groups in total. The molecule has 1 aromatic heterocycles. The molecule has 0 unspecified atom stereocenters. The summed E-state index contributed by atoms with van der Waals surface area (Å²) in [6.07, 6.45) is 11.2. The Morgan fingerprint density at radius 3 is 2.55 bits per heavy atom. The lowest BCUT2D eigenvalue weighted by atomic mass is 9.87. The SMILES string of the molecule is CCCCNCCCc1ccc2c(NC(=O)CC3CCCCC3)c(Cl)ccc2n1.Cl.Cl. The van der Waals surface area contributed by atoms with Gasteiger partial charge in [-0.1, -0.05) is 44.2 Å². The number of benzene rings is 1. The summed E-state index contributed by atoms with van der Waals surface area (Å²) in [7, 11) is 0. The maximum Gasteiger partial charge on any atom is 0.224 e. The number of hydrogen-bond acceptors (Lipinski definition) is 3. The summed E-state index contributed by atoms with van der Waals surface area (Å²) in [4.78, 5) is 17.4. The highest BCUT2D eigenvalue weighted by atomic mass is 35.5. The number of halogens is 3. The van der Waals surface area contributed by atoms with E-state index in [-0.39, 0.29) is 30.7 Å². The van der Waals surface area contributed by atoms with Gasteiger partial charge >= 0.3 is 0 Å². The fourth-order valence-electron chi connectivity index (χ4n) is 4.15. The Kier molecular flexibility index (Phi) is 13.4. The molecule has 1 amide bonds. The number of amides is 1. The largest absolute Gasteiger partial charge is 0.324 e. The third-order valence-corrected chi connectivity index (χ3v) is 6.15. The van der Waals surface area contributed by atoms with E-state index in [2.05, 4.69) is 23.6 Å². The Labute approximate surface area is 204 Å². The van der Waals surface area contributed by atoms with Crippen molar-refractivity contribution in [1.29, 1.82) is 0 Å². The van der Waals surface area contributed by atoms with Crippen LogP contribution in [0.5, 0.6) is 0 Å². The van der Waals surface area contributed by atoms with Crippen molar-refractivity contribution in [2.45, 2.75) is 71.1 Å². The van der Waals surface area contributed by atoms with E-state index in [1.807, 2.05) is 18.2 Å². The van der Waals surface area contributed by atoms with Crippen molar-refractivity contribution in [3.05, 3.63) is 35.0 Å². The smallest absolute Gasteiger partial charge is 0.224 e. The maximum atomic E-state index is 12.6. The topological polar surface area (TPSA) is 54.0 Å². The molecule has 0 spiro atoms. The third-order valence-electron chi connectivity index (χ3n) is 5.83. The molecule has 1 aliphatic carbocycles. The normalized spacial score (nSPS) is 14.0. The van der Waals surface area contributed by atoms with Crippen molar-refractivity contribution in [2.75, 3.05) is 18.4 Å². The fourth-order valence-corrected chi connectivity index (χ4v) is 4.36. The average Bonchev–Trinajstić information content (AvgIpc) is 2.73. The van der Waals surface area contributed by atoms with Crippen molar-refractivity contribution in [1.82, 2.24) is 10.3 Å². The number of nitrogens with one attached hydrogen (secondary N) is 2. The Bertz CT molecular complexity index is 810. The maximum absolute atomic E-state index is 12.6. The van der Waals surface area contributed by atoms with Crippen LogP contribution in [0.4, 0.5) is 5.69 Å². The summed E-state index contributed by atoms with van der Waals surface area (Å²) in [6.45, 7) is 4.31. The number of carbonyl (C=O) groups excluding carboxylic acids is 1. The van der Waals surface area contributed by atoms with Crippen LogP contribution in [0.15, 0.2) is 24.3 Å². The van der Waals surface area contributed by atoms with Gasteiger partial charge in [0.2, 0.25) is 5.91 Å². The molecule has 1 saturated carbocycles. The molecule has 174 valence electrons. The number of unbranched alkanes of at least 4 members (excludes halogenated alkanes) is 1. The monoisotopic (exact) mass is 487 g/mol. The molecule has 0 aliphatic heterocycles. The first kappa shape index (κ1) is 28.0. The van der Waals surface area contributed by atoms with Crippen molar-refractivity contribution < 1.29 is 4.79 Å². The van der Waals surface area contributed by atoms with E-state index in [9.17, 15) is 4.79 Å². The summed E-state index contributed by atoms with van der Waals surface area (Å²) in [5.41, 5.74) is 2.67. The summed E-state index contributed by atoms with van der Waals surface area (Å²) in [5, 5.41) is 8.03. The van der Waals surface area contributed by atoms with Crippen LogP contribution in [0.2, 0.25) is 5.02 Å². The predicted octanol–water partition coefficient (Wildman–Crippen LogP) is 6.96. The van der Waals surface area contributed by atoms with E-state index in [0.717, 1.165) is 55.4 Å². The lowest BCUT2D eigenvalue weighted by Gasteiger charge is -2.21. The minimum Gasteiger partial charge on any atom is -0.324 e. The summed E-state index contributed by atoms with van der Waals surface area (Å²) in [6, 6.07) is 7.88. The number of pyridine rings is 1. The Balaban J connectivity index is 0.00000240. The molecule has 2 aromatic rings. The number of rotatable bonds is 10. The molecule has 0 radical (unpaired) electrons. The lowest BCUT2D eigenvalue weighted by molar-refractivity contribution is -0.117. The van der Waals surface area contributed by atoms with Crippen LogP contribution in [0, 0.1) is 5.92 Å². The van der Waals surface area contributed by atoms with Crippen LogP contribution in [0.1, 0.15) is 70.4 Å². The molecule has 31 heavy (non-hydrogen) atoms. The fraction of sp³-hybridized carbons (Fsp3) is 0.583. The number of fused-ring (bicyclic) bond motifs is 1. The van der Waals surface area contributed by atoms with Gasteiger partial charge < -0.3 is 10.6 Å². The van der Waals surface area contributed by atoms with Gasteiger partial charge in [-0.3, -0.25) is 9.78 Å².